The molecule has 0 saturated carbocycles. The van der Waals surface area contributed by atoms with Crippen LogP contribution in [-0.2, 0) is 14.8 Å². The molecular formula is C15H14BrFN2O4S. The van der Waals surface area contributed by atoms with E-state index in [1.165, 1.54) is 49.5 Å². The average molecular weight is 417 g/mol. The number of hydrogen-bond donors (Lipinski definition) is 2. The van der Waals surface area contributed by atoms with Crippen molar-refractivity contribution in [2.45, 2.75) is 4.90 Å². The molecule has 2 aromatic carbocycles. The molecule has 6 nitrogen and oxygen atoms in total. The first-order chi connectivity index (χ1) is 11.3. The van der Waals surface area contributed by atoms with E-state index in [4.69, 9.17) is 4.74 Å². The second-order valence-electron chi connectivity index (χ2n) is 4.64. The summed E-state index contributed by atoms with van der Waals surface area (Å²) in [5.74, 6) is -0.521. The fourth-order valence-electron chi connectivity index (χ4n) is 1.77. The number of carbonyl (C=O) groups is 1. The monoisotopic (exact) mass is 416 g/mol. The van der Waals surface area contributed by atoms with Crippen molar-refractivity contribution in [2.24, 2.45) is 0 Å². The topological polar surface area (TPSA) is 84.5 Å². The minimum Gasteiger partial charge on any atom is -0.483 e. The highest BCUT2D eigenvalue weighted by molar-refractivity contribution is 9.10. The molecule has 24 heavy (non-hydrogen) atoms. The molecule has 0 aliphatic carbocycles. The number of hydrogen-bond acceptors (Lipinski definition) is 4. The van der Waals surface area contributed by atoms with Crippen LogP contribution in [0.15, 0.2) is 51.8 Å². The molecule has 0 aliphatic heterocycles. The fraction of sp³-hybridized carbons (Fsp3) is 0.133. The third-order valence-corrected chi connectivity index (χ3v) is 5.02. The lowest BCUT2D eigenvalue weighted by molar-refractivity contribution is -0.118. The van der Waals surface area contributed by atoms with Gasteiger partial charge in [0.2, 0.25) is 10.0 Å². The number of sulfonamides is 1. The third kappa shape index (κ3) is 4.76. The van der Waals surface area contributed by atoms with Gasteiger partial charge in [0.1, 0.15) is 11.6 Å². The second-order valence-corrected chi connectivity index (χ2v) is 7.38. The van der Waals surface area contributed by atoms with E-state index in [0.29, 0.717) is 15.9 Å². The van der Waals surface area contributed by atoms with E-state index in [-0.39, 0.29) is 11.5 Å². The fourth-order valence-corrected chi connectivity index (χ4v) is 2.96. The minimum absolute atomic E-state index is 0.0921. The molecule has 0 atom stereocenters. The number of halogens is 2. The highest BCUT2D eigenvalue weighted by Crippen LogP contribution is 2.25. The molecule has 0 heterocycles. The van der Waals surface area contributed by atoms with Gasteiger partial charge in [0.15, 0.2) is 6.61 Å². The Morgan fingerprint density at radius 3 is 2.46 bits per heavy atom. The minimum atomic E-state index is -3.52. The number of nitrogens with one attached hydrogen (secondary N) is 2. The summed E-state index contributed by atoms with van der Waals surface area (Å²) < 4.78 is 44.1. The van der Waals surface area contributed by atoms with Crippen LogP contribution in [0.25, 0.3) is 0 Å². The zero-order chi connectivity index (χ0) is 17.7. The number of amides is 1. The summed E-state index contributed by atoms with van der Waals surface area (Å²) >= 11 is 3.14. The molecule has 0 saturated heterocycles. The van der Waals surface area contributed by atoms with Crippen molar-refractivity contribution in [1.29, 1.82) is 0 Å². The number of rotatable bonds is 6. The Hall–Kier alpha value is -1.97. The maximum atomic E-state index is 13.0. The van der Waals surface area contributed by atoms with E-state index in [1.54, 1.807) is 0 Å². The van der Waals surface area contributed by atoms with E-state index in [0.717, 1.165) is 0 Å². The standard InChI is InChI=1S/C15H14BrFN2O4S/c1-18-24(21,22)12-5-3-11(4-6-12)19-15(20)9-23-14-7-2-10(17)8-13(14)16/h2-8,18H,9H2,1H3,(H,19,20). The van der Waals surface area contributed by atoms with Crippen LogP contribution in [0.5, 0.6) is 5.75 Å². The number of anilines is 1. The van der Waals surface area contributed by atoms with Crippen LogP contribution < -0.4 is 14.8 Å². The quantitative estimate of drug-likeness (QED) is 0.757. The molecule has 0 aliphatic rings. The van der Waals surface area contributed by atoms with Crippen molar-refractivity contribution in [3.05, 3.63) is 52.8 Å². The summed E-state index contributed by atoms with van der Waals surface area (Å²) in [5, 5.41) is 2.57. The summed E-state index contributed by atoms with van der Waals surface area (Å²) in [6, 6.07) is 9.54. The van der Waals surface area contributed by atoms with Gasteiger partial charge in [-0.15, -0.1) is 0 Å². The second kappa shape index (κ2) is 7.73. The predicted octanol–water partition coefficient (Wildman–Crippen LogP) is 2.51. The molecule has 0 unspecified atom stereocenters. The molecule has 0 bridgehead atoms. The number of ether oxygens (including phenoxy) is 1. The SMILES string of the molecule is CNS(=O)(=O)c1ccc(NC(=O)COc2ccc(F)cc2Br)cc1. The van der Waals surface area contributed by atoms with Gasteiger partial charge in [-0.25, -0.2) is 17.5 Å². The van der Waals surface area contributed by atoms with Crippen LogP contribution in [0.3, 0.4) is 0 Å². The van der Waals surface area contributed by atoms with Crippen molar-refractivity contribution >= 4 is 37.5 Å². The van der Waals surface area contributed by atoms with Crippen molar-refractivity contribution in [1.82, 2.24) is 4.72 Å². The highest BCUT2D eigenvalue weighted by atomic mass is 79.9. The smallest absolute Gasteiger partial charge is 0.262 e. The normalized spacial score (nSPS) is 11.1. The average Bonchev–Trinajstić information content (AvgIpc) is 2.54. The zero-order valence-electron chi connectivity index (χ0n) is 12.5. The zero-order valence-corrected chi connectivity index (χ0v) is 14.9. The number of carbonyl (C=O) groups excluding carboxylic acids is 1. The van der Waals surface area contributed by atoms with Gasteiger partial charge in [0, 0.05) is 5.69 Å². The molecule has 128 valence electrons. The first-order valence-corrected chi connectivity index (χ1v) is 9.01. The molecule has 9 heteroatoms. The summed E-state index contributed by atoms with van der Waals surface area (Å²) in [7, 11) is -2.21. The molecule has 0 fully saturated rings. The lowest BCUT2D eigenvalue weighted by Crippen LogP contribution is -2.21. The van der Waals surface area contributed by atoms with Gasteiger partial charge < -0.3 is 10.1 Å². The summed E-state index contributed by atoms with van der Waals surface area (Å²) in [6.45, 7) is -0.277. The summed E-state index contributed by atoms with van der Waals surface area (Å²) in [5.41, 5.74) is 0.428. The Morgan fingerprint density at radius 2 is 1.88 bits per heavy atom. The molecule has 0 aromatic heterocycles. The lowest BCUT2D eigenvalue weighted by Gasteiger charge is -2.09. The molecule has 2 rings (SSSR count). The molecule has 2 aromatic rings. The van der Waals surface area contributed by atoms with E-state index in [2.05, 4.69) is 26.0 Å². The maximum absolute atomic E-state index is 13.0. The van der Waals surface area contributed by atoms with Gasteiger partial charge in [-0.2, -0.15) is 0 Å². The molecule has 2 N–H and O–H groups in total. The van der Waals surface area contributed by atoms with Gasteiger partial charge in [-0.1, -0.05) is 0 Å². The first-order valence-electron chi connectivity index (χ1n) is 6.73. The number of benzene rings is 2. The summed E-state index contributed by atoms with van der Waals surface area (Å²) in [4.78, 5) is 11.9. The largest absolute Gasteiger partial charge is 0.483 e. The van der Waals surface area contributed by atoms with Crippen molar-refractivity contribution in [3.63, 3.8) is 0 Å². The maximum Gasteiger partial charge on any atom is 0.262 e. The van der Waals surface area contributed by atoms with Crippen LogP contribution in [0.4, 0.5) is 10.1 Å². The van der Waals surface area contributed by atoms with Crippen LogP contribution in [0.2, 0.25) is 0 Å². The molecule has 1 amide bonds. The van der Waals surface area contributed by atoms with E-state index in [9.17, 15) is 17.6 Å². The highest BCUT2D eigenvalue weighted by Gasteiger charge is 2.11. The Morgan fingerprint density at radius 1 is 1.21 bits per heavy atom. The summed E-state index contributed by atoms with van der Waals surface area (Å²) in [6.07, 6.45) is 0. The Balaban J connectivity index is 1.95. The molecule has 0 radical (unpaired) electrons. The van der Waals surface area contributed by atoms with E-state index in [1.807, 2.05) is 0 Å². The van der Waals surface area contributed by atoms with Crippen LogP contribution in [-0.4, -0.2) is 28.0 Å². The van der Waals surface area contributed by atoms with Gasteiger partial charge in [-0.3, -0.25) is 4.79 Å². The van der Waals surface area contributed by atoms with Gasteiger partial charge >= 0.3 is 0 Å². The third-order valence-electron chi connectivity index (χ3n) is 2.97. The van der Waals surface area contributed by atoms with E-state index < -0.39 is 21.7 Å². The van der Waals surface area contributed by atoms with Gasteiger partial charge in [0.25, 0.3) is 5.91 Å². The van der Waals surface area contributed by atoms with Crippen molar-refractivity contribution in [2.75, 3.05) is 19.0 Å². The van der Waals surface area contributed by atoms with E-state index >= 15 is 0 Å². The Labute approximate surface area is 147 Å². The van der Waals surface area contributed by atoms with Gasteiger partial charge in [-0.05, 0) is 65.4 Å². The predicted molar refractivity (Wildman–Crippen MR) is 90.9 cm³/mol. The Bertz CT molecular complexity index is 841. The molecular weight excluding hydrogens is 403 g/mol. The molecule has 0 spiro atoms. The van der Waals surface area contributed by atoms with Gasteiger partial charge in [0.05, 0.1) is 9.37 Å². The lowest BCUT2D eigenvalue weighted by atomic mass is 10.3. The van der Waals surface area contributed by atoms with Crippen molar-refractivity contribution < 1.29 is 22.3 Å². The first kappa shape index (κ1) is 18.4. The van der Waals surface area contributed by atoms with Crippen LogP contribution in [0, 0.1) is 5.82 Å². The van der Waals surface area contributed by atoms with Crippen molar-refractivity contribution in [3.8, 4) is 5.75 Å². The van der Waals surface area contributed by atoms with Crippen LogP contribution in [0.1, 0.15) is 0 Å². The Kier molecular flexibility index (Phi) is 5.92. The van der Waals surface area contributed by atoms with Crippen LogP contribution >= 0.6 is 15.9 Å².